The summed E-state index contributed by atoms with van der Waals surface area (Å²) in [6.07, 6.45) is 0.726. The molecule has 0 N–H and O–H groups in total. The Hall–Kier alpha value is -2.37. The SMILES string of the molecule is Cc1cccc(OCCCN2C(=O)C3(OCCO3)c3ccccc32)c1. The van der Waals surface area contributed by atoms with E-state index in [1.165, 1.54) is 5.56 Å². The van der Waals surface area contributed by atoms with Gasteiger partial charge in [-0.1, -0.05) is 30.3 Å². The molecule has 0 atom stereocenters. The van der Waals surface area contributed by atoms with Gasteiger partial charge in [0.1, 0.15) is 5.75 Å². The average molecular weight is 339 g/mol. The van der Waals surface area contributed by atoms with Crippen LogP contribution in [0.5, 0.6) is 5.75 Å². The predicted octanol–water partition coefficient (Wildman–Crippen LogP) is 3.01. The van der Waals surface area contributed by atoms with Crippen molar-refractivity contribution in [3.05, 3.63) is 59.7 Å². The van der Waals surface area contributed by atoms with Gasteiger partial charge in [-0.15, -0.1) is 0 Å². The highest BCUT2D eigenvalue weighted by Gasteiger charge is 2.55. The molecule has 1 saturated heterocycles. The van der Waals surface area contributed by atoms with Gasteiger partial charge in [-0.25, -0.2) is 0 Å². The monoisotopic (exact) mass is 339 g/mol. The van der Waals surface area contributed by atoms with Gasteiger partial charge in [0.25, 0.3) is 11.7 Å². The fraction of sp³-hybridized carbons (Fsp3) is 0.350. The molecule has 2 aromatic rings. The van der Waals surface area contributed by atoms with E-state index in [4.69, 9.17) is 14.2 Å². The predicted molar refractivity (Wildman–Crippen MR) is 93.7 cm³/mol. The van der Waals surface area contributed by atoms with Gasteiger partial charge in [-0.05, 0) is 37.1 Å². The summed E-state index contributed by atoms with van der Waals surface area (Å²) in [7, 11) is 0. The maximum Gasteiger partial charge on any atom is 0.292 e. The highest BCUT2D eigenvalue weighted by Crippen LogP contribution is 2.45. The summed E-state index contributed by atoms with van der Waals surface area (Å²) in [6.45, 7) is 4.02. The van der Waals surface area contributed by atoms with E-state index >= 15 is 0 Å². The lowest BCUT2D eigenvalue weighted by molar-refractivity contribution is -0.180. The first-order valence-corrected chi connectivity index (χ1v) is 8.59. The van der Waals surface area contributed by atoms with Crippen LogP contribution in [0.3, 0.4) is 0 Å². The van der Waals surface area contributed by atoms with Crippen LogP contribution >= 0.6 is 0 Å². The largest absolute Gasteiger partial charge is 0.494 e. The zero-order valence-corrected chi connectivity index (χ0v) is 14.2. The standard InChI is InChI=1S/C20H21NO4/c1-15-6-4-7-16(14-15)23-11-5-10-21-18-9-3-2-8-17(18)20(19(21)22)24-12-13-25-20/h2-4,6-9,14H,5,10-13H2,1H3. The third kappa shape index (κ3) is 2.79. The average Bonchev–Trinajstić information content (AvgIpc) is 3.20. The Balaban J connectivity index is 1.43. The van der Waals surface area contributed by atoms with Crippen LogP contribution in [-0.2, 0) is 20.1 Å². The van der Waals surface area contributed by atoms with Crippen molar-refractivity contribution in [3.63, 3.8) is 0 Å². The normalized spacial score (nSPS) is 18.0. The van der Waals surface area contributed by atoms with Gasteiger partial charge in [-0.3, -0.25) is 4.79 Å². The van der Waals surface area contributed by atoms with Gasteiger partial charge in [0.05, 0.1) is 25.5 Å². The van der Waals surface area contributed by atoms with Crippen molar-refractivity contribution in [1.29, 1.82) is 0 Å². The number of carbonyl (C=O) groups excluding carboxylic acids is 1. The molecule has 4 rings (SSSR count). The summed E-state index contributed by atoms with van der Waals surface area (Å²) >= 11 is 0. The van der Waals surface area contributed by atoms with Gasteiger partial charge in [0, 0.05) is 12.1 Å². The number of hydrogen-bond donors (Lipinski definition) is 0. The second-order valence-corrected chi connectivity index (χ2v) is 6.31. The lowest BCUT2D eigenvalue weighted by Gasteiger charge is -2.22. The number of hydrogen-bond acceptors (Lipinski definition) is 4. The van der Waals surface area contributed by atoms with Crippen molar-refractivity contribution < 1.29 is 19.0 Å². The third-order valence-corrected chi connectivity index (χ3v) is 4.55. The first-order chi connectivity index (χ1) is 12.2. The van der Waals surface area contributed by atoms with E-state index in [2.05, 4.69) is 0 Å². The quantitative estimate of drug-likeness (QED) is 0.786. The van der Waals surface area contributed by atoms with Crippen LogP contribution in [0.15, 0.2) is 48.5 Å². The smallest absolute Gasteiger partial charge is 0.292 e. The Morgan fingerprint density at radius 3 is 2.72 bits per heavy atom. The minimum atomic E-state index is -1.24. The Kier molecular flexibility index (Phi) is 4.19. The first kappa shape index (κ1) is 16.1. The molecule has 130 valence electrons. The van der Waals surface area contributed by atoms with Crippen LogP contribution in [0.2, 0.25) is 0 Å². The van der Waals surface area contributed by atoms with Crippen molar-refractivity contribution in [2.24, 2.45) is 0 Å². The molecule has 2 aliphatic rings. The number of anilines is 1. The molecule has 25 heavy (non-hydrogen) atoms. The number of fused-ring (bicyclic) bond motifs is 2. The maximum absolute atomic E-state index is 12.9. The van der Waals surface area contributed by atoms with Crippen LogP contribution in [0, 0.1) is 6.92 Å². The fourth-order valence-electron chi connectivity index (χ4n) is 3.42. The Morgan fingerprint density at radius 2 is 1.92 bits per heavy atom. The van der Waals surface area contributed by atoms with Gasteiger partial charge in [0.2, 0.25) is 0 Å². The van der Waals surface area contributed by atoms with Gasteiger partial charge >= 0.3 is 0 Å². The molecule has 0 bridgehead atoms. The van der Waals surface area contributed by atoms with Crippen LogP contribution in [0.4, 0.5) is 5.69 Å². The molecule has 1 spiro atoms. The number of rotatable bonds is 5. The molecule has 0 saturated carbocycles. The molecule has 2 heterocycles. The lowest BCUT2D eigenvalue weighted by Crippen LogP contribution is -2.41. The minimum Gasteiger partial charge on any atom is -0.494 e. The van der Waals surface area contributed by atoms with E-state index in [1.54, 1.807) is 4.90 Å². The van der Waals surface area contributed by atoms with E-state index in [9.17, 15) is 4.79 Å². The Bertz CT molecular complexity index is 783. The summed E-state index contributed by atoms with van der Waals surface area (Å²) < 4.78 is 17.2. The molecule has 5 heteroatoms. The lowest BCUT2D eigenvalue weighted by atomic mass is 10.1. The van der Waals surface area contributed by atoms with Crippen molar-refractivity contribution >= 4 is 11.6 Å². The summed E-state index contributed by atoms with van der Waals surface area (Å²) in [5, 5.41) is 0. The summed E-state index contributed by atoms with van der Waals surface area (Å²) in [4.78, 5) is 14.7. The van der Waals surface area contributed by atoms with Crippen LogP contribution in [0.1, 0.15) is 17.5 Å². The molecule has 0 radical (unpaired) electrons. The highest BCUT2D eigenvalue weighted by molar-refractivity contribution is 6.06. The molecule has 1 amide bonds. The molecular formula is C20H21NO4. The number of ether oxygens (including phenoxy) is 3. The van der Waals surface area contributed by atoms with Crippen LogP contribution in [-0.4, -0.2) is 32.3 Å². The van der Waals surface area contributed by atoms with Gasteiger partial charge < -0.3 is 19.1 Å². The summed E-state index contributed by atoms with van der Waals surface area (Å²) in [6, 6.07) is 15.6. The summed E-state index contributed by atoms with van der Waals surface area (Å²) in [5.74, 6) is -0.526. The zero-order chi connectivity index (χ0) is 17.3. The van der Waals surface area contributed by atoms with Crippen LogP contribution < -0.4 is 9.64 Å². The fourth-order valence-corrected chi connectivity index (χ4v) is 3.42. The van der Waals surface area contributed by atoms with Crippen LogP contribution in [0.25, 0.3) is 0 Å². The number of carbonyl (C=O) groups is 1. The molecule has 0 aliphatic carbocycles. The minimum absolute atomic E-state index is 0.137. The number of aryl methyl sites for hydroxylation is 1. The molecular weight excluding hydrogens is 318 g/mol. The number of benzene rings is 2. The van der Waals surface area contributed by atoms with E-state index in [-0.39, 0.29) is 5.91 Å². The topological polar surface area (TPSA) is 48.0 Å². The molecule has 0 unspecified atom stereocenters. The number of nitrogens with zero attached hydrogens (tertiary/aromatic N) is 1. The molecule has 5 nitrogen and oxygen atoms in total. The van der Waals surface area contributed by atoms with Crippen molar-refractivity contribution in [2.75, 3.05) is 31.3 Å². The summed E-state index contributed by atoms with van der Waals surface area (Å²) in [5.41, 5.74) is 2.83. The van der Waals surface area contributed by atoms with E-state index < -0.39 is 5.79 Å². The Morgan fingerprint density at radius 1 is 1.12 bits per heavy atom. The second-order valence-electron chi connectivity index (χ2n) is 6.31. The van der Waals surface area contributed by atoms with Crippen molar-refractivity contribution in [3.8, 4) is 5.75 Å². The van der Waals surface area contributed by atoms with Crippen molar-refractivity contribution in [1.82, 2.24) is 0 Å². The number of para-hydroxylation sites is 1. The molecule has 0 aromatic heterocycles. The van der Waals surface area contributed by atoms with E-state index in [0.29, 0.717) is 26.4 Å². The van der Waals surface area contributed by atoms with E-state index in [0.717, 1.165) is 23.4 Å². The number of amides is 1. The van der Waals surface area contributed by atoms with E-state index in [1.807, 2.05) is 55.5 Å². The zero-order valence-electron chi connectivity index (χ0n) is 14.2. The third-order valence-electron chi connectivity index (χ3n) is 4.55. The van der Waals surface area contributed by atoms with Gasteiger partial charge in [-0.2, -0.15) is 0 Å². The first-order valence-electron chi connectivity index (χ1n) is 8.59. The molecule has 2 aliphatic heterocycles. The van der Waals surface area contributed by atoms with Gasteiger partial charge in [0.15, 0.2) is 0 Å². The Labute approximate surface area is 147 Å². The van der Waals surface area contributed by atoms with Crippen molar-refractivity contribution in [2.45, 2.75) is 19.1 Å². The second kappa shape index (κ2) is 6.50. The molecule has 1 fully saturated rings. The highest BCUT2D eigenvalue weighted by atomic mass is 16.7. The molecule has 2 aromatic carbocycles. The maximum atomic E-state index is 12.9.